The molecule has 160 valence electrons. The van der Waals surface area contributed by atoms with E-state index in [0.717, 1.165) is 44.2 Å². The van der Waals surface area contributed by atoms with Crippen LogP contribution in [-0.4, -0.2) is 63.1 Å². The van der Waals surface area contributed by atoms with Gasteiger partial charge >= 0.3 is 0 Å². The molecule has 7 heteroatoms. The Morgan fingerprint density at radius 2 is 1.83 bits per heavy atom. The number of carbonyl (C=O) groups excluding carboxylic acids is 1. The number of hydrogen-bond acceptors (Lipinski definition) is 5. The van der Waals surface area contributed by atoms with Crippen molar-refractivity contribution in [2.45, 2.75) is 19.6 Å². The Morgan fingerprint density at radius 3 is 2.63 bits per heavy atom. The number of quaternary nitrogens is 2. The molecule has 4 rings (SSSR count). The summed E-state index contributed by atoms with van der Waals surface area (Å²) < 4.78 is 16.5. The average molecular weight is 415 g/mol. The number of fused-ring (bicyclic) bond motifs is 1. The Morgan fingerprint density at radius 1 is 1.07 bits per heavy atom. The van der Waals surface area contributed by atoms with E-state index < -0.39 is 6.10 Å². The molecule has 2 heterocycles. The van der Waals surface area contributed by atoms with Gasteiger partial charge in [0.1, 0.15) is 57.7 Å². The predicted molar refractivity (Wildman–Crippen MR) is 110 cm³/mol. The molecule has 1 fully saturated rings. The summed E-state index contributed by atoms with van der Waals surface area (Å²) in [6.45, 7) is 7.90. The van der Waals surface area contributed by atoms with Crippen LogP contribution in [0.2, 0.25) is 0 Å². The molecule has 0 aliphatic carbocycles. The van der Waals surface area contributed by atoms with Gasteiger partial charge in [0.25, 0.3) is 0 Å². The average Bonchev–Trinajstić information content (AvgIpc) is 3.22. The molecule has 0 radical (unpaired) electrons. The molecule has 1 atom stereocenters. The van der Waals surface area contributed by atoms with Gasteiger partial charge in [-0.15, -0.1) is 0 Å². The van der Waals surface area contributed by atoms with E-state index in [1.165, 1.54) is 17.4 Å². The summed E-state index contributed by atoms with van der Waals surface area (Å²) in [7, 11) is 0. The maximum absolute atomic E-state index is 11.5. The van der Waals surface area contributed by atoms with Crippen LogP contribution in [0.4, 0.5) is 0 Å². The van der Waals surface area contributed by atoms with Crippen LogP contribution < -0.4 is 24.0 Å². The first-order chi connectivity index (χ1) is 14.6. The van der Waals surface area contributed by atoms with Gasteiger partial charge < -0.3 is 29.1 Å². The van der Waals surface area contributed by atoms with Crippen LogP contribution in [0.1, 0.15) is 22.8 Å². The van der Waals surface area contributed by atoms with Gasteiger partial charge in [-0.25, -0.2) is 0 Å². The van der Waals surface area contributed by atoms with Crippen LogP contribution in [0.3, 0.4) is 0 Å². The molecule has 2 aromatic carbocycles. The molecule has 30 heavy (non-hydrogen) atoms. The van der Waals surface area contributed by atoms with Gasteiger partial charge in [0, 0.05) is 11.1 Å². The number of piperazine rings is 1. The van der Waals surface area contributed by atoms with E-state index in [0.29, 0.717) is 24.7 Å². The number of aliphatic hydroxyl groups is 1. The quantitative estimate of drug-likeness (QED) is 0.501. The van der Waals surface area contributed by atoms with Crippen LogP contribution in [0.15, 0.2) is 42.5 Å². The highest BCUT2D eigenvalue weighted by Crippen LogP contribution is 2.32. The van der Waals surface area contributed by atoms with Gasteiger partial charge in [-0.2, -0.15) is 0 Å². The molecule has 1 saturated heterocycles. The number of aliphatic hydroxyl groups excluding tert-OH is 1. The van der Waals surface area contributed by atoms with Gasteiger partial charge in [-0.05, 0) is 37.3 Å². The lowest BCUT2D eigenvalue weighted by Crippen LogP contribution is -3.28. The molecule has 0 saturated carbocycles. The number of benzene rings is 2. The summed E-state index contributed by atoms with van der Waals surface area (Å²) >= 11 is 0. The second-order valence-corrected chi connectivity index (χ2v) is 8.12. The van der Waals surface area contributed by atoms with Crippen LogP contribution in [0, 0.1) is 0 Å². The molecular weight excluding hydrogens is 384 g/mol. The lowest BCUT2D eigenvalue weighted by Gasteiger charge is -2.30. The number of hydrogen-bond donors (Lipinski definition) is 3. The summed E-state index contributed by atoms with van der Waals surface area (Å²) in [4.78, 5) is 14.4. The Balaban J connectivity index is 1.19. The molecule has 0 unspecified atom stereocenters. The van der Waals surface area contributed by atoms with E-state index in [1.807, 2.05) is 12.1 Å². The first kappa shape index (κ1) is 20.7. The van der Waals surface area contributed by atoms with Crippen molar-refractivity contribution in [3.63, 3.8) is 0 Å². The van der Waals surface area contributed by atoms with Crippen molar-refractivity contribution in [3.05, 3.63) is 53.6 Å². The molecule has 2 aliphatic rings. The molecule has 0 amide bonds. The van der Waals surface area contributed by atoms with E-state index in [9.17, 15) is 9.90 Å². The number of Topliss-reactive ketones (excluding diaryl/α,β-unsaturated/α-hetero) is 1. The standard InChI is InChI=1S/C23H28N2O5/c1-17(26)19-3-2-4-21(12-19)28-15-20(27)14-25-9-7-24(8-10-25)13-18-5-6-22-23(11-18)30-16-29-22/h2-6,11-12,20,27H,7-10,13-16H2,1H3/p+2/t20-/m1/s1. The lowest BCUT2D eigenvalue weighted by atomic mass is 10.1. The van der Waals surface area contributed by atoms with Crippen LogP contribution in [0.5, 0.6) is 17.2 Å². The van der Waals surface area contributed by atoms with Gasteiger partial charge in [0.05, 0.1) is 0 Å². The van der Waals surface area contributed by atoms with Crippen molar-refractivity contribution in [2.75, 3.05) is 46.1 Å². The number of carbonyl (C=O) groups is 1. The molecule has 2 aliphatic heterocycles. The first-order valence-corrected chi connectivity index (χ1v) is 10.5. The van der Waals surface area contributed by atoms with Crippen LogP contribution in [0.25, 0.3) is 0 Å². The van der Waals surface area contributed by atoms with E-state index in [4.69, 9.17) is 14.2 Å². The molecule has 3 N–H and O–H groups in total. The Kier molecular flexibility index (Phi) is 6.52. The zero-order valence-electron chi connectivity index (χ0n) is 17.4. The fourth-order valence-corrected chi connectivity index (χ4v) is 4.07. The highest BCUT2D eigenvalue weighted by molar-refractivity contribution is 5.94. The number of rotatable bonds is 8. The SMILES string of the molecule is CC(=O)c1cccc(OC[C@H](O)C[NH+]2CC[NH+](Cc3ccc4c(c3)OCO4)CC2)c1. The van der Waals surface area contributed by atoms with Gasteiger partial charge in [0.2, 0.25) is 6.79 Å². The maximum Gasteiger partial charge on any atom is 0.231 e. The minimum Gasteiger partial charge on any atom is -0.491 e. The fourth-order valence-electron chi connectivity index (χ4n) is 4.07. The third-order valence-corrected chi connectivity index (χ3v) is 5.76. The summed E-state index contributed by atoms with van der Waals surface area (Å²) in [5.41, 5.74) is 1.88. The van der Waals surface area contributed by atoms with Crippen LogP contribution >= 0.6 is 0 Å². The van der Waals surface area contributed by atoms with Crippen molar-refractivity contribution >= 4 is 5.78 Å². The van der Waals surface area contributed by atoms with Crippen LogP contribution in [-0.2, 0) is 6.54 Å². The third kappa shape index (κ3) is 5.30. The first-order valence-electron chi connectivity index (χ1n) is 10.5. The molecule has 0 spiro atoms. The maximum atomic E-state index is 11.5. The number of nitrogens with one attached hydrogen (secondary N) is 2. The van der Waals surface area contributed by atoms with Crippen molar-refractivity contribution in [3.8, 4) is 17.2 Å². The molecular formula is C23H30N2O5+2. The van der Waals surface area contributed by atoms with Gasteiger partial charge in [-0.1, -0.05) is 12.1 Å². The summed E-state index contributed by atoms with van der Waals surface area (Å²) in [5.74, 6) is 2.29. The Bertz CT molecular complexity index is 880. The van der Waals surface area contributed by atoms with Gasteiger partial charge in [0.15, 0.2) is 17.3 Å². The predicted octanol–water partition coefficient (Wildman–Crippen LogP) is -0.659. The minimum absolute atomic E-state index is 0.00608. The summed E-state index contributed by atoms with van der Waals surface area (Å²) in [6, 6.07) is 13.3. The normalized spacial score (nSPS) is 21.3. The largest absolute Gasteiger partial charge is 0.491 e. The number of ether oxygens (including phenoxy) is 3. The van der Waals surface area contributed by atoms with E-state index in [2.05, 4.69) is 12.1 Å². The highest BCUT2D eigenvalue weighted by Gasteiger charge is 2.26. The monoisotopic (exact) mass is 414 g/mol. The zero-order chi connectivity index (χ0) is 20.9. The van der Waals surface area contributed by atoms with Gasteiger partial charge in [-0.3, -0.25) is 4.79 Å². The second-order valence-electron chi connectivity index (χ2n) is 8.12. The molecule has 0 aromatic heterocycles. The van der Waals surface area contributed by atoms with E-state index in [-0.39, 0.29) is 12.4 Å². The Hall–Kier alpha value is -2.61. The zero-order valence-corrected chi connectivity index (χ0v) is 17.4. The minimum atomic E-state index is -0.531. The van der Waals surface area contributed by atoms with E-state index in [1.54, 1.807) is 23.1 Å². The van der Waals surface area contributed by atoms with Crippen molar-refractivity contribution in [2.24, 2.45) is 0 Å². The Labute approximate surface area is 176 Å². The smallest absolute Gasteiger partial charge is 0.231 e. The highest BCUT2D eigenvalue weighted by atomic mass is 16.7. The second kappa shape index (κ2) is 9.47. The number of ketones is 1. The lowest BCUT2D eigenvalue weighted by molar-refractivity contribution is -1.02. The molecule has 0 bridgehead atoms. The summed E-state index contributed by atoms with van der Waals surface area (Å²) in [6.07, 6.45) is -0.531. The fraction of sp³-hybridized carbons (Fsp3) is 0.435. The van der Waals surface area contributed by atoms with Crippen molar-refractivity contribution < 1.29 is 33.9 Å². The topological polar surface area (TPSA) is 73.9 Å². The molecule has 7 nitrogen and oxygen atoms in total. The third-order valence-electron chi connectivity index (χ3n) is 5.76. The molecule has 2 aromatic rings. The van der Waals surface area contributed by atoms with E-state index >= 15 is 0 Å². The van der Waals surface area contributed by atoms with Crippen molar-refractivity contribution in [1.29, 1.82) is 0 Å². The van der Waals surface area contributed by atoms with Crippen molar-refractivity contribution in [1.82, 2.24) is 0 Å². The summed E-state index contributed by atoms with van der Waals surface area (Å²) in [5, 5.41) is 10.4.